The maximum atomic E-state index is 8.59. The first-order chi connectivity index (χ1) is 5.42. The van der Waals surface area contributed by atoms with Crippen molar-refractivity contribution in [1.82, 2.24) is 15.0 Å². The van der Waals surface area contributed by atoms with Crippen LogP contribution in [-0.4, -0.2) is 15.0 Å². The van der Waals surface area contributed by atoms with Crippen molar-refractivity contribution in [3.05, 3.63) is 24.3 Å². The zero-order valence-corrected chi connectivity index (χ0v) is 6.80. The topological polar surface area (TPSA) is 65.4 Å². The van der Waals surface area contributed by atoms with E-state index in [4.69, 9.17) is 5.26 Å². The highest BCUT2D eigenvalue weighted by molar-refractivity contribution is 5.85. The van der Waals surface area contributed by atoms with E-state index in [0.717, 1.165) is 5.52 Å². The van der Waals surface area contributed by atoms with Gasteiger partial charge in [0.15, 0.2) is 0 Å². The van der Waals surface area contributed by atoms with Gasteiger partial charge in [-0.25, -0.2) is 9.97 Å². The van der Waals surface area contributed by atoms with Crippen molar-refractivity contribution in [2.24, 2.45) is 0 Å². The summed E-state index contributed by atoms with van der Waals surface area (Å²) >= 11 is 0. The first kappa shape index (κ1) is 8.50. The average Bonchev–Trinajstić information content (AvgIpc) is 2.47. The molecule has 0 bridgehead atoms. The number of halogens is 1. The summed E-state index contributed by atoms with van der Waals surface area (Å²) in [6, 6.07) is 2.03. The highest BCUT2D eigenvalue weighted by Gasteiger charge is 2.01. The maximum absolute atomic E-state index is 8.59. The molecule has 0 aliphatic heterocycles. The van der Waals surface area contributed by atoms with Crippen LogP contribution in [0.5, 0.6) is 0 Å². The zero-order valence-electron chi connectivity index (χ0n) is 5.98. The summed E-state index contributed by atoms with van der Waals surface area (Å²) in [7, 11) is 0. The minimum atomic E-state index is 0. The number of H-pyrrole nitrogens is 1. The van der Waals surface area contributed by atoms with E-state index >= 15 is 0 Å². The molecule has 2 heterocycles. The highest BCUT2D eigenvalue weighted by Crippen LogP contribution is 2.11. The van der Waals surface area contributed by atoms with Gasteiger partial charge < -0.3 is 4.98 Å². The molecule has 0 aromatic carbocycles. The van der Waals surface area contributed by atoms with Crippen LogP contribution >= 0.6 is 12.4 Å². The summed E-state index contributed by atoms with van der Waals surface area (Å²) in [6.07, 6.45) is 4.69. The lowest BCUT2D eigenvalue weighted by molar-refractivity contribution is 1.22. The normalized spacial score (nSPS) is 8.92. The second kappa shape index (κ2) is 3.20. The Morgan fingerprint density at radius 1 is 1.50 bits per heavy atom. The van der Waals surface area contributed by atoms with E-state index in [1.807, 2.05) is 6.07 Å². The summed E-state index contributed by atoms with van der Waals surface area (Å²) in [5, 5.41) is 8.59. The summed E-state index contributed by atoms with van der Waals surface area (Å²) in [5.41, 5.74) is 2.04. The second-order valence-corrected chi connectivity index (χ2v) is 2.10. The SMILES string of the molecule is Cl.N#Cc1c[nH]c2cncnc12. The first-order valence-corrected chi connectivity index (χ1v) is 3.09. The van der Waals surface area contributed by atoms with Crippen LogP contribution in [0.2, 0.25) is 0 Å². The Morgan fingerprint density at radius 2 is 2.33 bits per heavy atom. The average molecular weight is 181 g/mol. The molecule has 12 heavy (non-hydrogen) atoms. The minimum Gasteiger partial charge on any atom is -0.357 e. The summed E-state index contributed by atoms with van der Waals surface area (Å²) < 4.78 is 0. The van der Waals surface area contributed by atoms with Crippen molar-refractivity contribution in [3.63, 3.8) is 0 Å². The second-order valence-electron chi connectivity index (χ2n) is 2.10. The number of nitrogens with one attached hydrogen (secondary N) is 1. The molecular formula is C7H5ClN4. The number of hydrogen-bond acceptors (Lipinski definition) is 3. The van der Waals surface area contributed by atoms with Crippen LogP contribution < -0.4 is 0 Å². The van der Waals surface area contributed by atoms with E-state index in [-0.39, 0.29) is 12.4 Å². The van der Waals surface area contributed by atoms with Crippen molar-refractivity contribution in [2.75, 3.05) is 0 Å². The third-order valence-electron chi connectivity index (χ3n) is 1.46. The lowest BCUT2D eigenvalue weighted by Crippen LogP contribution is -1.77. The number of aromatic amines is 1. The lowest BCUT2D eigenvalue weighted by Gasteiger charge is -1.84. The van der Waals surface area contributed by atoms with Gasteiger partial charge in [-0.1, -0.05) is 0 Å². The van der Waals surface area contributed by atoms with Gasteiger partial charge in [0.2, 0.25) is 0 Å². The van der Waals surface area contributed by atoms with Gasteiger partial charge in [0.05, 0.1) is 17.3 Å². The largest absolute Gasteiger partial charge is 0.357 e. The van der Waals surface area contributed by atoms with Crippen LogP contribution in [0.25, 0.3) is 11.0 Å². The maximum Gasteiger partial charge on any atom is 0.116 e. The Labute approximate surface area is 74.7 Å². The van der Waals surface area contributed by atoms with Crippen LogP contribution in [0.1, 0.15) is 5.56 Å². The molecule has 0 unspecified atom stereocenters. The molecular weight excluding hydrogens is 176 g/mol. The Kier molecular flexibility index (Phi) is 2.26. The van der Waals surface area contributed by atoms with Crippen LogP contribution in [0, 0.1) is 11.3 Å². The lowest BCUT2D eigenvalue weighted by atomic mass is 10.3. The summed E-state index contributed by atoms with van der Waals surface area (Å²) in [6.45, 7) is 0. The Morgan fingerprint density at radius 3 is 3.08 bits per heavy atom. The fourth-order valence-corrected chi connectivity index (χ4v) is 0.953. The van der Waals surface area contributed by atoms with Crippen LogP contribution in [-0.2, 0) is 0 Å². The molecule has 2 rings (SSSR count). The van der Waals surface area contributed by atoms with Crippen molar-refractivity contribution < 1.29 is 0 Å². The molecule has 0 saturated heterocycles. The quantitative estimate of drug-likeness (QED) is 0.664. The molecule has 1 N–H and O–H groups in total. The Hall–Kier alpha value is -1.60. The van der Waals surface area contributed by atoms with Gasteiger partial charge in [-0.05, 0) is 0 Å². The van der Waals surface area contributed by atoms with Crippen LogP contribution in [0.3, 0.4) is 0 Å². The smallest absolute Gasteiger partial charge is 0.116 e. The molecule has 5 heteroatoms. The van der Waals surface area contributed by atoms with Crippen LogP contribution in [0.4, 0.5) is 0 Å². The monoisotopic (exact) mass is 180 g/mol. The Balaban J connectivity index is 0.000000720. The van der Waals surface area contributed by atoms with Crippen molar-refractivity contribution >= 4 is 23.4 Å². The molecule has 0 aliphatic rings. The number of nitrogens with zero attached hydrogens (tertiary/aromatic N) is 3. The van der Waals surface area contributed by atoms with Crippen molar-refractivity contribution in [3.8, 4) is 6.07 Å². The van der Waals surface area contributed by atoms with Crippen molar-refractivity contribution in [1.29, 1.82) is 5.26 Å². The van der Waals surface area contributed by atoms with Crippen LogP contribution in [0.15, 0.2) is 18.7 Å². The molecule has 0 atom stereocenters. The third-order valence-corrected chi connectivity index (χ3v) is 1.46. The van der Waals surface area contributed by atoms with E-state index in [1.54, 1.807) is 12.4 Å². The van der Waals surface area contributed by atoms with Gasteiger partial charge in [-0.3, -0.25) is 0 Å². The molecule has 2 aromatic heterocycles. The standard InChI is InChI=1S/C7H4N4.ClH/c8-1-5-2-10-6-3-9-4-11-7(5)6;/h2-4,10H;1H. The van der Waals surface area contributed by atoms with Gasteiger partial charge in [0.1, 0.15) is 17.9 Å². The van der Waals surface area contributed by atoms with Crippen molar-refractivity contribution in [2.45, 2.75) is 0 Å². The molecule has 4 nitrogen and oxygen atoms in total. The zero-order chi connectivity index (χ0) is 7.68. The number of aromatic nitrogens is 3. The van der Waals surface area contributed by atoms with Gasteiger partial charge in [-0.15, -0.1) is 12.4 Å². The number of rotatable bonds is 0. The molecule has 60 valence electrons. The third kappa shape index (κ3) is 1.11. The fraction of sp³-hybridized carbons (Fsp3) is 0. The summed E-state index contributed by atoms with van der Waals surface area (Å²) in [4.78, 5) is 10.6. The molecule has 0 radical (unpaired) electrons. The molecule has 0 saturated carbocycles. The highest BCUT2D eigenvalue weighted by atomic mass is 35.5. The van der Waals surface area contributed by atoms with Gasteiger partial charge in [0, 0.05) is 6.20 Å². The minimum absolute atomic E-state index is 0. The van der Waals surface area contributed by atoms with E-state index < -0.39 is 0 Å². The van der Waals surface area contributed by atoms with Gasteiger partial charge in [0.25, 0.3) is 0 Å². The predicted molar refractivity (Wildman–Crippen MR) is 45.9 cm³/mol. The van der Waals surface area contributed by atoms with E-state index in [1.165, 1.54) is 6.33 Å². The molecule has 0 aliphatic carbocycles. The summed E-state index contributed by atoms with van der Waals surface area (Å²) in [5.74, 6) is 0. The number of nitriles is 1. The molecule has 0 fully saturated rings. The molecule has 0 spiro atoms. The molecule has 2 aromatic rings. The van der Waals surface area contributed by atoms with E-state index in [0.29, 0.717) is 11.1 Å². The number of hydrogen-bond donors (Lipinski definition) is 1. The molecule has 0 amide bonds. The van der Waals surface area contributed by atoms with Gasteiger partial charge in [-0.2, -0.15) is 5.26 Å². The van der Waals surface area contributed by atoms with E-state index in [9.17, 15) is 0 Å². The van der Waals surface area contributed by atoms with Gasteiger partial charge >= 0.3 is 0 Å². The first-order valence-electron chi connectivity index (χ1n) is 3.09. The fourth-order valence-electron chi connectivity index (χ4n) is 0.953. The Bertz CT molecular complexity index is 428. The number of fused-ring (bicyclic) bond motifs is 1. The predicted octanol–water partition coefficient (Wildman–Crippen LogP) is 1.25. The van der Waals surface area contributed by atoms with E-state index in [2.05, 4.69) is 15.0 Å².